The van der Waals surface area contributed by atoms with E-state index >= 15 is 0 Å². The Hall–Kier alpha value is -3.02. The zero-order chi connectivity index (χ0) is 30.3. The number of likely N-dealkylation sites (tertiary alicyclic amines) is 1. The summed E-state index contributed by atoms with van der Waals surface area (Å²) in [5.41, 5.74) is 2.48. The molecule has 0 radical (unpaired) electrons. The van der Waals surface area contributed by atoms with Gasteiger partial charge in [-0.25, -0.2) is 15.0 Å². The molecule has 1 aromatic carbocycles. The van der Waals surface area contributed by atoms with Crippen LogP contribution in [-0.2, 0) is 11.3 Å². The third-order valence-corrected chi connectivity index (χ3v) is 8.39. The van der Waals surface area contributed by atoms with Gasteiger partial charge >= 0.3 is 5.97 Å². The van der Waals surface area contributed by atoms with E-state index in [4.69, 9.17) is 38.0 Å². The molecular weight excluding hydrogens is 591 g/mol. The van der Waals surface area contributed by atoms with Gasteiger partial charge in [0.2, 0.25) is 11.8 Å². The van der Waals surface area contributed by atoms with Crippen LogP contribution < -0.4 is 9.64 Å². The van der Waals surface area contributed by atoms with E-state index in [9.17, 15) is 9.90 Å². The fourth-order valence-corrected chi connectivity index (χ4v) is 6.12. The number of anilines is 1. The molecule has 2 N–H and O–H groups in total. The molecule has 43 heavy (non-hydrogen) atoms. The number of pyridine rings is 1. The first-order valence-electron chi connectivity index (χ1n) is 14.8. The number of rotatable bonds is 11. The minimum absolute atomic E-state index is 0.219. The number of hydrogen-bond acceptors (Lipinski definition) is 9. The van der Waals surface area contributed by atoms with E-state index < -0.39 is 5.97 Å². The molecule has 0 bridgehead atoms. The van der Waals surface area contributed by atoms with Gasteiger partial charge in [-0.1, -0.05) is 23.2 Å². The summed E-state index contributed by atoms with van der Waals surface area (Å²) in [5, 5.41) is 19.7. The van der Waals surface area contributed by atoms with Crippen LogP contribution in [0.3, 0.4) is 0 Å². The Balaban J connectivity index is 1.28. The average molecular weight is 630 g/mol. The topological polar surface area (TPSA) is 115 Å². The second-order valence-corrected chi connectivity index (χ2v) is 12.3. The Kier molecular flexibility index (Phi) is 10.7. The van der Waals surface area contributed by atoms with E-state index in [1.165, 1.54) is 0 Å². The highest BCUT2D eigenvalue weighted by molar-refractivity contribution is 6.35. The molecule has 2 aliphatic heterocycles. The highest BCUT2D eigenvalue weighted by Crippen LogP contribution is 2.31. The van der Waals surface area contributed by atoms with Crippen LogP contribution in [0.2, 0.25) is 10.0 Å². The van der Waals surface area contributed by atoms with Crippen LogP contribution in [0.25, 0.3) is 11.3 Å². The van der Waals surface area contributed by atoms with Crippen LogP contribution in [0.1, 0.15) is 38.2 Å². The fraction of sp³-hybridized carbons (Fsp3) is 0.484. The van der Waals surface area contributed by atoms with Gasteiger partial charge in [0.25, 0.3) is 0 Å². The van der Waals surface area contributed by atoms with E-state index in [1.807, 2.05) is 31.2 Å². The molecule has 0 amide bonds. The number of carboxylic acids is 1. The van der Waals surface area contributed by atoms with Gasteiger partial charge < -0.3 is 19.8 Å². The monoisotopic (exact) mass is 628 g/mol. The first-order chi connectivity index (χ1) is 20.7. The summed E-state index contributed by atoms with van der Waals surface area (Å²) in [7, 11) is 0. The van der Waals surface area contributed by atoms with Crippen molar-refractivity contribution in [3.8, 4) is 22.9 Å². The van der Waals surface area contributed by atoms with Crippen LogP contribution in [0.15, 0.2) is 42.7 Å². The standard InChI is InChI=1S/C31H38Cl2N6O4/c1-21(40)2-5-37-8-10-39(11-9-37)31-34-18-27(19-35-31)43-29-13-23(20-38-6-3-22(4-7-38)14-30(41)42)12-28(36-29)24-15-25(32)17-26(33)16-24/h12-13,15-19,21-22,40H,2-11,14,20H2,1H3,(H,41,42). The predicted octanol–water partition coefficient (Wildman–Crippen LogP) is 5.22. The minimum Gasteiger partial charge on any atom is -0.481 e. The normalized spacial score (nSPS) is 17.6. The Labute approximate surface area is 262 Å². The zero-order valence-corrected chi connectivity index (χ0v) is 25.8. The number of piperidine rings is 1. The van der Waals surface area contributed by atoms with Gasteiger partial charge in [0, 0.05) is 67.4 Å². The van der Waals surface area contributed by atoms with E-state index in [0.29, 0.717) is 39.9 Å². The molecule has 1 atom stereocenters. The van der Waals surface area contributed by atoms with Gasteiger partial charge in [0.1, 0.15) is 0 Å². The van der Waals surface area contributed by atoms with E-state index in [0.717, 1.165) is 76.2 Å². The highest BCUT2D eigenvalue weighted by atomic mass is 35.5. The molecule has 2 saturated heterocycles. The fourth-order valence-electron chi connectivity index (χ4n) is 5.59. The van der Waals surface area contributed by atoms with E-state index in [-0.39, 0.29) is 18.4 Å². The van der Waals surface area contributed by atoms with Gasteiger partial charge in [-0.15, -0.1) is 0 Å². The summed E-state index contributed by atoms with van der Waals surface area (Å²) >= 11 is 12.6. The molecule has 12 heteroatoms. The number of carbonyl (C=O) groups is 1. The number of nitrogens with zero attached hydrogens (tertiary/aromatic N) is 6. The highest BCUT2D eigenvalue weighted by Gasteiger charge is 2.22. The number of benzene rings is 1. The molecule has 10 nitrogen and oxygen atoms in total. The third kappa shape index (κ3) is 9.23. The summed E-state index contributed by atoms with van der Waals surface area (Å²) < 4.78 is 6.17. The van der Waals surface area contributed by atoms with E-state index in [1.54, 1.807) is 18.5 Å². The lowest BCUT2D eigenvalue weighted by atomic mass is 9.93. The molecule has 0 aliphatic carbocycles. The molecule has 230 valence electrons. The molecule has 1 unspecified atom stereocenters. The van der Waals surface area contributed by atoms with Crippen LogP contribution in [0.5, 0.6) is 11.6 Å². The van der Waals surface area contributed by atoms with Gasteiger partial charge in [0.15, 0.2) is 5.75 Å². The number of carboxylic acid groups (broad SMARTS) is 1. The maximum Gasteiger partial charge on any atom is 0.303 e. The van der Waals surface area contributed by atoms with E-state index in [2.05, 4.69) is 24.7 Å². The number of halogens is 2. The maximum absolute atomic E-state index is 11.1. The first kappa shape index (κ1) is 31.4. The molecule has 2 aliphatic rings. The molecule has 4 heterocycles. The maximum atomic E-state index is 11.1. The molecule has 5 rings (SSSR count). The number of piperazine rings is 1. The van der Waals surface area contributed by atoms with Crippen molar-refractivity contribution in [3.63, 3.8) is 0 Å². The number of aliphatic hydroxyl groups is 1. The van der Waals surface area contributed by atoms with Crippen LogP contribution >= 0.6 is 23.2 Å². The van der Waals surface area contributed by atoms with Gasteiger partial charge in [-0.2, -0.15) is 0 Å². The average Bonchev–Trinajstić information content (AvgIpc) is 2.97. The zero-order valence-electron chi connectivity index (χ0n) is 24.3. The Morgan fingerprint density at radius 1 is 0.977 bits per heavy atom. The Bertz CT molecular complexity index is 1360. The van der Waals surface area contributed by atoms with Crippen molar-refractivity contribution in [1.29, 1.82) is 0 Å². The number of hydrogen-bond donors (Lipinski definition) is 2. The van der Waals surface area contributed by atoms with Crippen molar-refractivity contribution < 1.29 is 19.7 Å². The van der Waals surface area contributed by atoms with Crippen molar-refractivity contribution in [2.24, 2.45) is 5.92 Å². The van der Waals surface area contributed by atoms with Crippen LogP contribution in [0, 0.1) is 5.92 Å². The lowest BCUT2D eigenvalue weighted by molar-refractivity contribution is -0.138. The summed E-state index contributed by atoms with van der Waals surface area (Å²) in [4.78, 5) is 31.8. The molecular formula is C31H38Cl2N6O4. The molecule has 2 fully saturated rings. The first-order valence-corrected chi connectivity index (χ1v) is 15.5. The minimum atomic E-state index is -0.734. The molecule has 2 aromatic heterocycles. The number of aliphatic hydroxyl groups excluding tert-OH is 1. The molecule has 0 spiro atoms. The Morgan fingerprint density at radius 3 is 2.28 bits per heavy atom. The summed E-state index contributed by atoms with van der Waals surface area (Å²) in [6, 6.07) is 9.26. The third-order valence-electron chi connectivity index (χ3n) is 7.95. The second-order valence-electron chi connectivity index (χ2n) is 11.5. The van der Waals surface area contributed by atoms with Crippen molar-refractivity contribution >= 4 is 35.1 Å². The van der Waals surface area contributed by atoms with Gasteiger partial charge in [-0.3, -0.25) is 14.6 Å². The van der Waals surface area contributed by atoms with Crippen LogP contribution in [0.4, 0.5) is 5.95 Å². The summed E-state index contributed by atoms with van der Waals surface area (Å²) in [6.45, 7) is 8.50. The number of aromatic nitrogens is 3. The molecule has 3 aromatic rings. The van der Waals surface area contributed by atoms with Gasteiger partial charge in [0.05, 0.1) is 24.2 Å². The second kappa shape index (κ2) is 14.6. The SMILES string of the molecule is CC(O)CCN1CCN(c2ncc(Oc3cc(CN4CCC(CC(=O)O)CC4)cc(-c4cc(Cl)cc(Cl)c4)n3)cn2)CC1. The number of ether oxygens (including phenoxy) is 1. The van der Waals surface area contributed by atoms with Crippen molar-refractivity contribution in [1.82, 2.24) is 24.8 Å². The van der Waals surface area contributed by atoms with Crippen molar-refractivity contribution in [3.05, 3.63) is 58.3 Å². The van der Waals surface area contributed by atoms with Crippen molar-refractivity contribution in [2.45, 2.75) is 45.3 Å². The van der Waals surface area contributed by atoms with Gasteiger partial charge in [-0.05, 0) is 75.0 Å². The Morgan fingerprint density at radius 2 is 1.65 bits per heavy atom. The summed E-state index contributed by atoms with van der Waals surface area (Å²) in [6.07, 6.45) is 5.76. The largest absolute Gasteiger partial charge is 0.481 e. The smallest absolute Gasteiger partial charge is 0.303 e. The van der Waals surface area contributed by atoms with Crippen LogP contribution in [-0.4, -0.2) is 92.9 Å². The lowest BCUT2D eigenvalue weighted by Crippen LogP contribution is -2.47. The predicted molar refractivity (Wildman–Crippen MR) is 167 cm³/mol. The number of aliphatic carboxylic acids is 1. The summed E-state index contributed by atoms with van der Waals surface area (Å²) in [5.74, 6) is 1.03. The van der Waals surface area contributed by atoms with Crippen molar-refractivity contribution in [2.75, 3.05) is 50.7 Å². The molecule has 0 saturated carbocycles. The quantitative estimate of drug-likeness (QED) is 0.293. The lowest BCUT2D eigenvalue weighted by Gasteiger charge is -2.34.